The zero-order chi connectivity index (χ0) is 16.6. The first-order valence-electron chi connectivity index (χ1n) is 7.02. The third kappa shape index (κ3) is 3.13. The van der Waals surface area contributed by atoms with Gasteiger partial charge in [0.15, 0.2) is 23.3 Å². The van der Waals surface area contributed by atoms with Crippen molar-refractivity contribution in [3.05, 3.63) is 58.8 Å². The molecule has 2 aromatic rings. The molecule has 0 bridgehead atoms. The van der Waals surface area contributed by atoms with Crippen molar-refractivity contribution in [1.82, 2.24) is 10.2 Å². The third-order valence-corrected chi connectivity index (χ3v) is 3.85. The van der Waals surface area contributed by atoms with Crippen molar-refractivity contribution in [2.45, 2.75) is 6.04 Å². The average molecular weight is 369 g/mol. The van der Waals surface area contributed by atoms with Crippen molar-refractivity contribution in [3.8, 4) is 0 Å². The number of hydrogen-bond acceptors (Lipinski definition) is 3. The topological polar surface area (TPSA) is 28.4 Å². The number of nitrogens with zero attached hydrogens (tertiary/aromatic N) is 1. The summed E-state index contributed by atoms with van der Waals surface area (Å²) >= 11 is 0. The molecule has 0 amide bonds. The molecule has 0 spiro atoms. The highest BCUT2D eigenvalue weighted by Crippen LogP contribution is 2.35. The van der Waals surface area contributed by atoms with Crippen molar-refractivity contribution < 1.29 is 26.4 Å². The molecular weight excluding hydrogens is 355 g/mol. The van der Waals surface area contributed by atoms with Gasteiger partial charge in [0.1, 0.15) is 5.76 Å². The molecule has 2 heterocycles. The van der Waals surface area contributed by atoms with E-state index in [9.17, 15) is 22.0 Å². The van der Waals surface area contributed by atoms with Crippen molar-refractivity contribution in [2.75, 3.05) is 26.2 Å². The fourth-order valence-electron chi connectivity index (χ4n) is 2.75. The van der Waals surface area contributed by atoms with Gasteiger partial charge in [0.2, 0.25) is 5.82 Å². The molecule has 1 saturated heterocycles. The molecule has 3 nitrogen and oxygen atoms in total. The number of halogens is 6. The first kappa shape index (κ1) is 18.7. The maximum absolute atomic E-state index is 14.2. The van der Waals surface area contributed by atoms with E-state index in [2.05, 4.69) is 5.32 Å². The Hall–Kier alpha value is -1.64. The Kier molecular flexibility index (Phi) is 5.84. The highest BCUT2D eigenvalue weighted by molar-refractivity contribution is 5.85. The number of furan rings is 1. The van der Waals surface area contributed by atoms with Crippen LogP contribution in [0.5, 0.6) is 0 Å². The van der Waals surface area contributed by atoms with Crippen LogP contribution in [0.1, 0.15) is 17.4 Å². The summed E-state index contributed by atoms with van der Waals surface area (Å²) in [6, 6.07) is 1.76. The second-order valence-electron chi connectivity index (χ2n) is 5.19. The zero-order valence-corrected chi connectivity index (χ0v) is 13.1. The maximum atomic E-state index is 14.2. The van der Waals surface area contributed by atoms with Gasteiger partial charge in [-0.3, -0.25) is 4.90 Å². The van der Waals surface area contributed by atoms with Crippen LogP contribution < -0.4 is 5.32 Å². The largest absolute Gasteiger partial charge is 0.467 e. The maximum Gasteiger partial charge on any atom is 0.200 e. The van der Waals surface area contributed by atoms with Crippen molar-refractivity contribution in [2.24, 2.45) is 0 Å². The molecule has 0 saturated carbocycles. The molecule has 1 N–H and O–H groups in total. The van der Waals surface area contributed by atoms with E-state index >= 15 is 0 Å². The molecule has 24 heavy (non-hydrogen) atoms. The van der Waals surface area contributed by atoms with Crippen LogP contribution in [-0.4, -0.2) is 31.1 Å². The molecule has 132 valence electrons. The van der Waals surface area contributed by atoms with Crippen LogP contribution in [0.15, 0.2) is 22.8 Å². The fourth-order valence-corrected chi connectivity index (χ4v) is 2.75. The Labute approximate surface area is 140 Å². The Morgan fingerprint density at radius 1 is 0.917 bits per heavy atom. The molecule has 1 aromatic heterocycles. The van der Waals surface area contributed by atoms with Crippen molar-refractivity contribution in [1.29, 1.82) is 0 Å². The van der Waals surface area contributed by atoms with Crippen LogP contribution in [0.3, 0.4) is 0 Å². The minimum atomic E-state index is -2.16. The van der Waals surface area contributed by atoms with Crippen LogP contribution in [0.25, 0.3) is 0 Å². The van der Waals surface area contributed by atoms with Crippen LogP contribution in [0.4, 0.5) is 22.0 Å². The summed E-state index contributed by atoms with van der Waals surface area (Å²) in [5, 5.41) is 3.06. The number of hydrogen-bond donors (Lipinski definition) is 1. The van der Waals surface area contributed by atoms with E-state index in [-0.39, 0.29) is 18.2 Å². The lowest BCUT2D eigenvalue weighted by Gasteiger charge is -2.34. The summed E-state index contributed by atoms with van der Waals surface area (Å²) in [4.78, 5) is 1.62. The van der Waals surface area contributed by atoms with Gasteiger partial charge in [-0.1, -0.05) is 0 Å². The third-order valence-electron chi connectivity index (χ3n) is 3.85. The van der Waals surface area contributed by atoms with Gasteiger partial charge in [-0.2, -0.15) is 0 Å². The van der Waals surface area contributed by atoms with Gasteiger partial charge in [-0.25, -0.2) is 22.0 Å². The highest BCUT2D eigenvalue weighted by Gasteiger charge is 2.36. The molecule has 0 unspecified atom stereocenters. The van der Waals surface area contributed by atoms with Gasteiger partial charge in [0.25, 0.3) is 0 Å². The van der Waals surface area contributed by atoms with E-state index < -0.39 is 40.7 Å². The van der Waals surface area contributed by atoms with Crippen LogP contribution in [0.2, 0.25) is 0 Å². The van der Waals surface area contributed by atoms with Crippen LogP contribution >= 0.6 is 12.4 Å². The molecule has 3 rings (SSSR count). The van der Waals surface area contributed by atoms with Crippen LogP contribution in [0, 0.1) is 29.1 Å². The first-order chi connectivity index (χ1) is 11.0. The highest BCUT2D eigenvalue weighted by atomic mass is 35.5. The predicted octanol–water partition coefficient (Wildman–Crippen LogP) is 3.39. The van der Waals surface area contributed by atoms with Gasteiger partial charge in [-0.15, -0.1) is 12.4 Å². The van der Waals surface area contributed by atoms with Gasteiger partial charge < -0.3 is 9.73 Å². The number of piperazine rings is 1. The lowest BCUT2D eigenvalue weighted by Crippen LogP contribution is -2.45. The molecule has 0 radical (unpaired) electrons. The Balaban J connectivity index is 0.00000208. The summed E-state index contributed by atoms with van der Waals surface area (Å²) in [5.74, 6) is -9.61. The van der Waals surface area contributed by atoms with Crippen molar-refractivity contribution >= 4 is 12.4 Å². The smallest absolute Gasteiger partial charge is 0.200 e. The normalized spacial score (nSPS) is 16.7. The van der Waals surface area contributed by atoms with E-state index in [0.29, 0.717) is 26.2 Å². The van der Waals surface area contributed by atoms with Crippen LogP contribution in [-0.2, 0) is 0 Å². The molecule has 1 fully saturated rings. The molecule has 1 aliphatic heterocycles. The van der Waals surface area contributed by atoms with Gasteiger partial charge >= 0.3 is 0 Å². The number of rotatable bonds is 3. The molecule has 1 atom stereocenters. The fraction of sp³-hybridized carbons (Fsp3) is 0.333. The van der Waals surface area contributed by atoms with E-state index in [1.165, 1.54) is 18.4 Å². The molecular formula is C15H14ClF5N2O. The number of nitrogens with one attached hydrogen (secondary N) is 1. The summed E-state index contributed by atoms with van der Waals surface area (Å²) in [5.41, 5.74) is -0.891. The monoisotopic (exact) mass is 368 g/mol. The predicted molar refractivity (Wildman–Crippen MR) is 78.5 cm³/mol. The minimum Gasteiger partial charge on any atom is -0.467 e. The average Bonchev–Trinajstić information content (AvgIpc) is 3.10. The Morgan fingerprint density at radius 2 is 1.46 bits per heavy atom. The molecule has 9 heteroatoms. The van der Waals surface area contributed by atoms with E-state index in [1.54, 1.807) is 4.90 Å². The molecule has 1 aliphatic rings. The first-order valence-corrected chi connectivity index (χ1v) is 7.02. The van der Waals surface area contributed by atoms with E-state index in [0.717, 1.165) is 0 Å². The van der Waals surface area contributed by atoms with Gasteiger partial charge in [-0.05, 0) is 12.1 Å². The molecule has 0 aliphatic carbocycles. The molecule has 1 aromatic carbocycles. The summed E-state index contributed by atoms with van der Waals surface area (Å²) < 4.78 is 73.9. The van der Waals surface area contributed by atoms with Crippen molar-refractivity contribution in [3.63, 3.8) is 0 Å². The van der Waals surface area contributed by atoms with E-state index in [4.69, 9.17) is 4.42 Å². The standard InChI is InChI=1S/C15H13F5N2O.ClH/c16-10-9(11(17)13(19)14(20)12(10)18)15(8-2-1-7-23-8)22-5-3-21-4-6-22;/h1-2,7,15,21H,3-6H2;1H/t15-;/m0./s1. The minimum absolute atomic E-state index is 0. The SMILES string of the molecule is Cl.Fc1c(F)c(F)c([C@H](c2ccco2)N2CCNCC2)c(F)c1F. The summed E-state index contributed by atoms with van der Waals surface area (Å²) in [7, 11) is 0. The number of benzene rings is 1. The summed E-state index contributed by atoms with van der Waals surface area (Å²) in [6.07, 6.45) is 1.29. The van der Waals surface area contributed by atoms with E-state index in [1.807, 2.05) is 0 Å². The second kappa shape index (κ2) is 7.50. The Morgan fingerprint density at radius 3 is 1.96 bits per heavy atom. The van der Waals surface area contributed by atoms with Gasteiger partial charge in [0, 0.05) is 26.2 Å². The lowest BCUT2D eigenvalue weighted by atomic mass is 9.99. The zero-order valence-electron chi connectivity index (χ0n) is 12.3. The quantitative estimate of drug-likeness (QED) is 0.511. The second-order valence-corrected chi connectivity index (χ2v) is 5.19. The lowest BCUT2D eigenvalue weighted by molar-refractivity contribution is 0.170. The summed E-state index contributed by atoms with van der Waals surface area (Å²) in [6.45, 7) is 1.83. The van der Waals surface area contributed by atoms with Gasteiger partial charge in [0.05, 0.1) is 17.9 Å². The Bertz CT molecular complexity index is 675.